The third-order valence-corrected chi connectivity index (χ3v) is 7.43. The van der Waals surface area contributed by atoms with E-state index < -0.39 is 34.3 Å². The minimum atomic E-state index is -4.00. The SMILES string of the molecule is CCC(C(=O)NCC(C)C)N(Cc1ccc(F)cc1)C(=O)CN(c1cc(Cl)c(Cl)cc1Cl)S(C)(=O)=O. The van der Waals surface area contributed by atoms with Crippen LogP contribution in [0.5, 0.6) is 0 Å². The molecule has 2 rings (SSSR count). The van der Waals surface area contributed by atoms with Crippen LogP contribution in [-0.4, -0.2) is 50.5 Å². The Morgan fingerprint density at radius 1 is 1.03 bits per heavy atom. The van der Waals surface area contributed by atoms with E-state index in [1.165, 1.54) is 41.3 Å². The summed E-state index contributed by atoms with van der Waals surface area (Å²) in [6.07, 6.45) is 1.19. The van der Waals surface area contributed by atoms with E-state index >= 15 is 0 Å². The first-order valence-electron chi connectivity index (χ1n) is 11.2. The number of hydrogen-bond donors (Lipinski definition) is 1. The third kappa shape index (κ3) is 8.23. The monoisotopic (exact) mass is 579 g/mol. The van der Waals surface area contributed by atoms with Gasteiger partial charge in [0.1, 0.15) is 18.4 Å². The molecule has 7 nitrogen and oxygen atoms in total. The molecule has 0 aliphatic rings. The molecule has 0 saturated carbocycles. The van der Waals surface area contributed by atoms with Crippen LogP contribution >= 0.6 is 34.8 Å². The molecule has 0 fully saturated rings. The number of amides is 2. The maximum absolute atomic E-state index is 13.6. The van der Waals surface area contributed by atoms with Crippen molar-refractivity contribution >= 4 is 62.3 Å². The second-order valence-corrected chi connectivity index (χ2v) is 11.8. The zero-order chi connectivity index (χ0) is 27.2. The van der Waals surface area contributed by atoms with Crippen LogP contribution in [0.4, 0.5) is 10.1 Å². The first-order valence-corrected chi connectivity index (χ1v) is 14.2. The zero-order valence-electron chi connectivity index (χ0n) is 20.4. The highest BCUT2D eigenvalue weighted by Crippen LogP contribution is 2.35. The van der Waals surface area contributed by atoms with Crippen LogP contribution in [0.3, 0.4) is 0 Å². The number of benzene rings is 2. The highest BCUT2D eigenvalue weighted by atomic mass is 35.5. The van der Waals surface area contributed by atoms with E-state index in [1.807, 2.05) is 13.8 Å². The quantitative estimate of drug-likeness (QED) is 0.373. The van der Waals surface area contributed by atoms with Gasteiger partial charge in [-0.2, -0.15) is 0 Å². The molecular weight excluding hydrogens is 552 g/mol. The molecule has 36 heavy (non-hydrogen) atoms. The average Bonchev–Trinajstić information content (AvgIpc) is 2.79. The molecular formula is C24H29Cl3FN3O4S. The molecule has 0 aliphatic heterocycles. The van der Waals surface area contributed by atoms with Crippen molar-refractivity contribution in [2.75, 3.05) is 23.7 Å². The summed E-state index contributed by atoms with van der Waals surface area (Å²) in [6.45, 7) is 5.34. The lowest BCUT2D eigenvalue weighted by Gasteiger charge is -2.33. The van der Waals surface area contributed by atoms with Gasteiger partial charge >= 0.3 is 0 Å². The fourth-order valence-electron chi connectivity index (χ4n) is 3.43. The Morgan fingerprint density at radius 2 is 1.61 bits per heavy atom. The van der Waals surface area contributed by atoms with Gasteiger partial charge in [0.25, 0.3) is 0 Å². The van der Waals surface area contributed by atoms with E-state index in [1.54, 1.807) is 6.92 Å². The van der Waals surface area contributed by atoms with Crippen molar-refractivity contribution < 1.29 is 22.4 Å². The van der Waals surface area contributed by atoms with Gasteiger partial charge in [0.15, 0.2) is 0 Å². The molecule has 0 spiro atoms. The van der Waals surface area contributed by atoms with Gasteiger partial charge in [0.05, 0.1) is 27.0 Å². The van der Waals surface area contributed by atoms with E-state index in [2.05, 4.69) is 5.32 Å². The average molecular weight is 581 g/mol. The summed E-state index contributed by atoms with van der Waals surface area (Å²) in [4.78, 5) is 27.9. The lowest BCUT2D eigenvalue weighted by molar-refractivity contribution is -0.140. The fraction of sp³-hybridized carbons (Fsp3) is 0.417. The van der Waals surface area contributed by atoms with E-state index in [-0.39, 0.29) is 45.5 Å². The van der Waals surface area contributed by atoms with Gasteiger partial charge in [0.2, 0.25) is 21.8 Å². The minimum absolute atomic E-state index is 0.0190. The maximum atomic E-state index is 13.6. The number of carbonyl (C=O) groups excluding carboxylic acids is 2. The molecule has 1 unspecified atom stereocenters. The van der Waals surface area contributed by atoms with Gasteiger partial charge < -0.3 is 10.2 Å². The number of rotatable bonds is 11. The van der Waals surface area contributed by atoms with Crippen molar-refractivity contribution in [3.63, 3.8) is 0 Å². The second kappa shape index (κ2) is 12.9. The molecule has 1 N–H and O–H groups in total. The largest absolute Gasteiger partial charge is 0.354 e. The minimum Gasteiger partial charge on any atom is -0.354 e. The lowest BCUT2D eigenvalue weighted by atomic mass is 10.1. The normalized spacial score (nSPS) is 12.4. The fourth-order valence-corrected chi connectivity index (χ4v) is 4.97. The van der Waals surface area contributed by atoms with Gasteiger partial charge in [-0.1, -0.05) is 67.7 Å². The van der Waals surface area contributed by atoms with Crippen molar-refractivity contribution in [1.82, 2.24) is 10.2 Å². The van der Waals surface area contributed by atoms with E-state index in [0.717, 1.165) is 10.6 Å². The van der Waals surface area contributed by atoms with Crippen molar-refractivity contribution in [3.05, 3.63) is 62.8 Å². The molecule has 12 heteroatoms. The van der Waals surface area contributed by atoms with Crippen molar-refractivity contribution in [2.24, 2.45) is 5.92 Å². The van der Waals surface area contributed by atoms with Crippen molar-refractivity contribution in [3.8, 4) is 0 Å². The predicted octanol–water partition coefficient (Wildman–Crippen LogP) is 5.13. The summed E-state index contributed by atoms with van der Waals surface area (Å²) < 4.78 is 39.6. The first kappa shape index (κ1) is 30.2. The number of halogens is 4. The molecule has 0 aromatic heterocycles. The van der Waals surface area contributed by atoms with Crippen LogP contribution in [0.15, 0.2) is 36.4 Å². The number of anilines is 1. The van der Waals surface area contributed by atoms with Gasteiger partial charge in [-0.25, -0.2) is 12.8 Å². The van der Waals surface area contributed by atoms with Gasteiger partial charge in [0, 0.05) is 13.1 Å². The second-order valence-electron chi connectivity index (χ2n) is 8.70. The summed E-state index contributed by atoms with van der Waals surface area (Å²) in [7, 11) is -4.00. The molecule has 2 amide bonds. The van der Waals surface area contributed by atoms with Gasteiger partial charge in [-0.3, -0.25) is 13.9 Å². The summed E-state index contributed by atoms with van der Waals surface area (Å²) in [6, 6.07) is 7.14. The highest BCUT2D eigenvalue weighted by Gasteiger charge is 2.32. The molecule has 2 aromatic carbocycles. The van der Waals surface area contributed by atoms with E-state index in [4.69, 9.17) is 34.8 Å². The van der Waals surface area contributed by atoms with Crippen LogP contribution in [0.25, 0.3) is 0 Å². The Morgan fingerprint density at radius 3 is 2.14 bits per heavy atom. The van der Waals surface area contributed by atoms with Crippen molar-refractivity contribution in [2.45, 2.75) is 39.8 Å². The molecule has 0 saturated heterocycles. The Hall–Kier alpha value is -2.07. The molecule has 198 valence electrons. The summed E-state index contributed by atoms with van der Waals surface area (Å²) in [5.41, 5.74) is 0.541. The van der Waals surface area contributed by atoms with Crippen LogP contribution in [0, 0.1) is 11.7 Å². The Labute approximate surface area is 226 Å². The molecule has 0 bridgehead atoms. The standard InChI is InChI=1S/C24H29Cl3FN3O4S/c1-5-21(24(33)29-12-15(2)3)30(13-16-6-8-17(28)9-7-16)23(32)14-31(36(4,34)35)22-11-19(26)18(25)10-20(22)27/h6-11,15,21H,5,12-14H2,1-4H3,(H,29,33). The number of nitrogens with zero attached hydrogens (tertiary/aromatic N) is 2. The van der Waals surface area contributed by atoms with Crippen LogP contribution in [-0.2, 0) is 26.2 Å². The molecule has 2 aromatic rings. The maximum Gasteiger partial charge on any atom is 0.244 e. The lowest BCUT2D eigenvalue weighted by Crippen LogP contribution is -2.52. The Balaban J connectivity index is 2.48. The van der Waals surface area contributed by atoms with Crippen LogP contribution in [0.1, 0.15) is 32.8 Å². The number of nitrogens with one attached hydrogen (secondary N) is 1. The summed E-state index contributed by atoms with van der Waals surface area (Å²) >= 11 is 18.3. The molecule has 1 atom stereocenters. The third-order valence-electron chi connectivity index (χ3n) is 5.27. The topological polar surface area (TPSA) is 86.8 Å². The molecule has 0 heterocycles. The summed E-state index contributed by atoms with van der Waals surface area (Å²) in [5.74, 6) is -1.29. The van der Waals surface area contributed by atoms with E-state index in [0.29, 0.717) is 12.1 Å². The molecule has 0 radical (unpaired) electrons. The van der Waals surface area contributed by atoms with Crippen LogP contribution < -0.4 is 9.62 Å². The van der Waals surface area contributed by atoms with Crippen molar-refractivity contribution in [1.29, 1.82) is 0 Å². The number of hydrogen-bond acceptors (Lipinski definition) is 4. The van der Waals surface area contributed by atoms with E-state index in [9.17, 15) is 22.4 Å². The smallest absolute Gasteiger partial charge is 0.244 e. The van der Waals surface area contributed by atoms with Gasteiger partial charge in [-0.15, -0.1) is 0 Å². The first-order chi connectivity index (χ1) is 16.7. The highest BCUT2D eigenvalue weighted by molar-refractivity contribution is 7.92. The van der Waals surface area contributed by atoms with Crippen LogP contribution in [0.2, 0.25) is 15.1 Å². The summed E-state index contributed by atoms with van der Waals surface area (Å²) in [5, 5.41) is 2.98. The predicted molar refractivity (Wildman–Crippen MR) is 143 cm³/mol. The number of carbonyl (C=O) groups is 2. The Kier molecular flexibility index (Phi) is 10.8. The number of sulfonamides is 1. The van der Waals surface area contributed by atoms with Gasteiger partial charge in [-0.05, 0) is 42.2 Å². The Bertz CT molecular complexity index is 1190. The molecule has 0 aliphatic carbocycles. The zero-order valence-corrected chi connectivity index (χ0v) is 23.5.